The van der Waals surface area contributed by atoms with Crippen LogP contribution in [0.1, 0.15) is 24.7 Å². The molecule has 3 nitrogen and oxygen atoms in total. The van der Waals surface area contributed by atoms with E-state index in [-0.39, 0.29) is 0 Å². The van der Waals surface area contributed by atoms with Gasteiger partial charge in [0.2, 0.25) is 0 Å². The van der Waals surface area contributed by atoms with Crippen LogP contribution >= 0.6 is 12.0 Å². The van der Waals surface area contributed by atoms with Gasteiger partial charge in [-0.1, -0.05) is 13.3 Å². The smallest absolute Gasteiger partial charge is 0.130 e. The standard InChI is InChI=1S/C8H12N2OS/c1-3-4-7-5-9-6(2)10-8(7)12-11/h5,11H,3-4H2,1-2H3. The summed E-state index contributed by atoms with van der Waals surface area (Å²) >= 11 is 0.698. The Kier molecular flexibility index (Phi) is 3.49. The molecule has 1 aromatic heterocycles. The molecule has 0 saturated carbocycles. The molecule has 0 unspecified atom stereocenters. The van der Waals surface area contributed by atoms with Gasteiger partial charge >= 0.3 is 0 Å². The van der Waals surface area contributed by atoms with Crippen LogP contribution in [0.2, 0.25) is 0 Å². The number of nitrogens with zero attached hydrogens (tertiary/aromatic N) is 2. The van der Waals surface area contributed by atoms with Crippen LogP contribution in [0.15, 0.2) is 11.2 Å². The summed E-state index contributed by atoms with van der Waals surface area (Å²) in [6, 6.07) is 0. The molecule has 0 aliphatic heterocycles. The Labute approximate surface area is 76.5 Å². The topological polar surface area (TPSA) is 46.0 Å². The van der Waals surface area contributed by atoms with Crippen LogP contribution in [-0.2, 0) is 6.42 Å². The first kappa shape index (κ1) is 9.48. The summed E-state index contributed by atoms with van der Waals surface area (Å²) in [7, 11) is 0. The second-order valence-corrected chi connectivity index (χ2v) is 3.16. The molecule has 12 heavy (non-hydrogen) atoms. The molecule has 0 aromatic carbocycles. The van der Waals surface area contributed by atoms with E-state index < -0.39 is 0 Å². The van der Waals surface area contributed by atoms with Crippen molar-refractivity contribution in [3.8, 4) is 0 Å². The van der Waals surface area contributed by atoms with Crippen molar-refractivity contribution in [1.82, 2.24) is 9.97 Å². The lowest BCUT2D eigenvalue weighted by Crippen LogP contribution is -1.96. The van der Waals surface area contributed by atoms with Crippen molar-refractivity contribution in [2.45, 2.75) is 31.7 Å². The van der Waals surface area contributed by atoms with Crippen LogP contribution in [0.4, 0.5) is 0 Å². The van der Waals surface area contributed by atoms with Gasteiger partial charge in [-0.3, -0.25) is 0 Å². The van der Waals surface area contributed by atoms with E-state index in [1.54, 1.807) is 6.20 Å². The fourth-order valence-corrected chi connectivity index (χ4v) is 1.44. The van der Waals surface area contributed by atoms with Crippen LogP contribution in [-0.4, -0.2) is 14.5 Å². The van der Waals surface area contributed by atoms with Crippen molar-refractivity contribution in [1.29, 1.82) is 0 Å². The van der Waals surface area contributed by atoms with Gasteiger partial charge in [0.05, 0.1) is 0 Å². The van der Waals surface area contributed by atoms with Gasteiger partial charge in [-0.25, -0.2) is 9.97 Å². The van der Waals surface area contributed by atoms with Crippen LogP contribution in [0, 0.1) is 6.92 Å². The van der Waals surface area contributed by atoms with E-state index in [0.29, 0.717) is 22.9 Å². The Morgan fingerprint density at radius 1 is 1.58 bits per heavy atom. The number of aromatic nitrogens is 2. The molecule has 0 aliphatic carbocycles. The second kappa shape index (κ2) is 4.42. The van der Waals surface area contributed by atoms with Gasteiger partial charge in [-0.05, 0) is 13.3 Å². The maximum absolute atomic E-state index is 8.90. The fraction of sp³-hybridized carbons (Fsp3) is 0.500. The molecular formula is C8H12N2OS. The maximum atomic E-state index is 8.90. The Bertz CT molecular complexity index is 265. The zero-order chi connectivity index (χ0) is 8.97. The molecule has 0 bridgehead atoms. The highest BCUT2D eigenvalue weighted by Crippen LogP contribution is 2.17. The molecule has 0 atom stereocenters. The molecule has 0 saturated heterocycles. The van der Waals surface area contributed by atoms with Gasteiger partial charge in [-0.15, -0.1) is 0 Å². The highest BCUT2D eigenvalue weighted by atomic mass is 32.2. The van der Waals surface area contributed by atoms with Gasteiger partial charge < -0.3 is 4.55 Å². The summed E-state index contributed by atoms with van der Waals surface area (Å²) in [6.45, 7) is 3.90. The van der Waals surface area contributed by atoms with Gasteiger partial charge in [0.25, 0.3) is 0 Å². The third kappa shape index (κ3) is 2.19. The van der Waals surface area contributed by atoms with Gasteiger partial charge in [-0.2, -0.15) is 0 Å². The minimum Gasteiger partial charge on any atom is -0.324 e. The van der Waals surface area contributed by atoms with Crippen molar-refractivity contribution < 1.29 is 4.55 Å². The van der Waals surface area contributed by atoms with Crippen molar-refractivity contribution in [2.24, 2.45) is 0 Å². The molecule has 1 heterocycles. The number of hydrogen-bond donors (Lipinski definition) is 1. The van der Waals surface area contributed by atoms with E-state index in [4.69, 9.17) is 4.55 Å². The Balaban J connectivity index is 2.94. The number of aryl methyl sites for hydroxylation is 2. The van der Waals surface area contributed by atoms with Gasteiger partial charge in [0, 0.05) is 23.8 Å². The van der Waals surface area contributed by atoms with Crippen LogP contribution in [0.3, 0.4) is 0 Å². The Morgan fingerprint density at radius 3 is 2.92 bits per heavy atom. The number of hydrogen-bond acceptors (Lipinski definition) is 4. The predicted molar refractivity (Wildman–Crippen MR) is 49.2 cm³/mol. The lowest BCUT2D eigenvalue weighted by atomic mass is 10.2. The highest BCUT2D eigenvalue weighted by Gasteiger charge is 2.03. The van der Waals surface area contributed by atoms with E-state index in [1.807, 2.05) is 6.92 Å². The molecule has 4 heteroatoms. The van der Waals surface area contributed by atoms with Crippen molar-refractivity contribution >= 4 is 12.0 Å². The van der Waals surface area contributed by atoms with E-state index >= 15 is 0 Å². The van der Waals surface area contributed by atoms with Crippen molar-refractivity contribution in [3.63, 3.8) is 0 Å². The van der Waals surface area contributed by atoms with Crippen molar-refractivity contribution in [2.75, 3.05) is 0 Å². The zero-order valence-corrected chi connectivity index (χ0v) is 8.06. The molecule has 0 fully saturated rings. The third-order valence-corrected chi connectivity index (χ3v) is 2.08. The summed E-state index contributed by atoms with van der Waals surface area (Å²) in [6.07, 6.45) is 3.74. The van der Waals surface area contributed by atoms with Crippen LogP contribution in [0.25, 0.3) is 0 Å². The predicted octanol–water partition coefficient (Wildman–Crippen LogP) is 2.30. The molecule has 1 rings (SSSR count). The average molecular weight is 184 g/mol. The first-order valence-corrected chi connectivity index (χ1v) is 4.69. The van der Waals surface area contributed by atoms with Crippen LogP contribution in [0.5, 0.6) is 0 Å². The number of rotatable bonds is 3. The summed E-state index contributed by atoms with van der Waals surface area (Å²) in [4.78, 5) is 8.18. The summed E-state index contributed by atoms with van der Waals surface area (Å²) in [5.41, 5.74) is 1.02. The van der Waals surface area contributed by atoms with Gasteiger partial charge in [0.1, 0.15) is 10.9 Å². The molecule has 0 radical (unpaired) electrons. The van der Waals surface area contributed by atoms with E-state index in [2.05, 4.69) is 16.9 Å². The molecule has 1 aromatic rings. The summed E-state index contributed by atoms with van der Waals surface area (Å²) in [5, 5.41) is 0.685. The Morgan fingerprint density at radius 2 is 2.33 bits per heavy atom. The lowest BCUT2D eigenvalue weighted by Gasteiger charge is -2.03. The monoisotopic (exact) mass is 184 g/mol. The largest absolute Gasteiger partial charge is 0.324 e. The van der Waals surface area contributed by atoms with Crippen molar-refractivity contribution in [3.05, 3.63) is 17.6 Å². The lowest BCUT2D eigenvalue weighted by molar-refractivity contribution is 0.655. The minimum atomic E-state index is 0.685. The first-order valence-electron chi connectivity index (χ1n) is 3.92. The van der Waals surface area contributed by atoms with E-state index in [0.717, 1.165) is 18.4 Å². The fourth-order valence-electron chi connectivity index (χ4n) is 0.994. The molecule has 0 amide bonds. The normalized spacial score (nSPS) is 10.2. The van der Waals surface area contributed by atoms with Gasteiger partial charge in [0.15, 0.2) is 0 Å². The summed E-state index contributed by atoms with van der Waals surface area (Å²) < 4.78 is 8.90. The quantitative estimate of drug-likeness (QED) is 0.578. The molecule has 66 valence electrons. The van der Waals surface area contributed by atoms with E-state index in [1.165, 1.54) is 0 Å². The first-order chi connectivity index (χ1) is 5.77. The third-order valence-electron chi connectivity index (χ3n) is 1.55. The molecule has 1 N–H and O–H groups in total. The molecular weight excluding hydrogens is 172 g/mol. The van der Waals surface area contributed by atoms with E-state index in [9.17, 15) is 0 Å². The SMILES string of the molecule is CCCc1cnc(C)nc1SO. The average Bonchev–Trinajstić information content (AvgIpc) is 2.08. The molecule has 0 aliphatic rings. The molecule has 0 spiro atoms. The zero-order valence-electron chi connectivity index (χ0n) is 7.24. The summed E-state index contributed by atoms with van der Waals surface area (Å²) in [5.74, 6) is 0.700. The minimum absolute atomic E-state index is 0.685. The maximum Gasteiger partial charge on any atom is 0.130 e. The second-order valence-electron chi connectivity index (χ2n) is 2.59. The van der Waals surface area contributed by atoms with Crippen LogP contribution < -0.4 is 0 Å². The Hall–Kier alpha value is -0.610. The highest BCUT2D eigenvalue weighted by molar-refractivity contribution is 7.93.